The first-order valence-electron chi connectivity index (χ1n) is 15.7. The van der Waals surface area contributed by atoms with Crippen LogP contribution in [0.15, 0.2) is 77.8 Å². The molecule has 0 spiro atoms. The van der Waals surface area contributed by atoms with Crippen molar-refractivity contribution in [2.24, 2.45) is 0 Å². The Labute approximate surface area is 282 Å². The maximum Gasteiger partial charge on any atom is 0.419 e. The number of sulfonamides is 1. The molecule has 0 atom stereocenters. The molecule has 49 heavy (non-hydrogen) atoms. The summed E-state index contributed by atoms with van der Waals surface area (Å²) in [5.41, 5.74) is 0.753. The van der Waals surface area contributed by atoms with E-state index in [-0.39, 0.29) is 35.7 Å². The summed E-state index contributed by atoms with van der Waals surface area (Å²) in [6.45, 7) is 1.21. The van der Waals surface area contributed by atoms with E-state index in [0.29, 0.717) is 60.7 Å². The van der Waals surface area contributed by atoms with Crippen molar-refractivity contribution in [2.75, 3.05) is 56.3 Å². The summed E-state index contributed by atoms with van der Waals surface area (Å²) in [5.74, 6) is 0.157. The minimum atomic E-state index is -4.64. The van der Waals surface area contributed by atoms with Crippen molar-refractivity contribution >= 4 is 39.1 Å². The van der Waals surface area contributed by atoms with Gasteiger partial charge in [0.15, 0.2) is 0 Å². The van der Waals surface area contributed by atoms with Gasteiger partial charge in [0.25, 0.3) is 0 Å². The number of carbonyl (C=O) groups excluding carboxylic acids is 1. The Morgan fingerprint density at radius 3 is 2.53 bits per heavy atom. The maximum atomic E-state index is 14.0. The molecule has 0 unspecified atom stereocenters. The Bertz CT molecular complexity index is 1950. The molecule has 3 aromatic carbocycles. The summed E-state index contributed by atoms with van der Waals surface area (Å²) < 4.78 is 75.4. The fraction of sp³-hybridized carbons (Fsp3) is 0.324. The van der Waals surface area contributed by atoms with E-state index in [2.05, 4.69) is 30.6 Å². The number of ether oxygens (including phenoxy) is 1. The molecule has 6 rings (SSSR count). The number of alkyl halides is 3. The highest BCUT2D eigenvalue weighted by molar-refractivity contribution is 7.89. The van der Waals surface area contributed by atoms with Crippen LogP contribution < -0.4 is 25.4 Å². The predicted octanol–water partition coefficient (Wildman–Crippen LogP) is 5.61. The van der Waals surface area contributed by atoms with Gasteiger partial charge >= 0.3 is 6.18 Å². The van der Waals surface area contributed by atoms with Gasteiger partial charge in [-0.1, -0.05) is 24.3 Å². The van der Waals surface area contributed by atoms with Gasteiger partial charge in [-0.05, 0) is 86.9 Å². The second kappa shape index (κ2) is 13.6. The van der Waals surface area contributed by atoms with Crippen molar-refractivity contribution in [3.8, 4) is 16.9 Å². The van der Waals surface area contributed by atoms with E-state index >= 15 is 0 Å². The lowest BCUT2D eigenvalue weighted by Gasteiger charge is -2.20. The molecule has 15 heteroatoms. The van der Waals surface area contributed by atoms with Gasteiger partial charge in [-0.3, -0.25) is 4.79 Å². The van der Waals surface area contributed by atoms with E-state index in [0.717, 1.165) is 11.6 Å². The van der Waals surface area contributed by atoms with Crippen LogP contribution in [-0.4, -0.2) is 69.5 Å². The molecule has 258 valence electrons. The molecule has 1 aliphatic heterocycles. The Morgan fingerprint density at radius 1 is 1.04 bits per heavy atom. The van der Waals surface area contributed by atoms with Crippen molar-refractivity contribution in [3.05, 3.63) is 84.1 Å². The summed E-state index contributed by atoms with van der Waals surface area (Å²) >= 11 is 0. The summed E-state index contributed by atoms with van der Waals surface area (Å²) in [4.78, 5) is 24.5. The number of carbonyl (C=O) groups is 1. The molecule has 4 N–H and O–H groups in total. The number of hydrogen-bond acceptors (Lipinski definition) is 9. The van der Waals surface area contributed by atoms with E-state index in [1.165, 1.54) is 18.2 Å². The van der Waals surface area contributed by atoms with Crippen molar-refractivity contribution in [1.29, 1.82) is 0 Å². The van der Waals surface area contributed by atoms with Gasteiger partial charge in [0, 0.05) is 42.8 Å². The molecule has 2 aliphatic rings. The molecule has 1 fully saturated rings. The Hall–Kier alpha value is -4.73. The van der Waals surface area contributed by atoms with Gasteiger partial charge in [-0.2, -0.15) is 18.2 Å². The number of rotatable bonds is 8. The number of likely N-dealkylation sites (N-methyl/N-ethyl adjacent to an activating group) is 1. The van der Waals surface area contributed by atoms with Gasteiger partial charge in [-0.25, -0.2) is 18.1 Å². The van der Waals surface area contributed by atoms with E-state index in [9.17, 15) is 26.4 Å². The Balaban J connectivity index is 1.19. The number of fused-ring (bicyclic) bond motifs is 4. The molecule has 1 saturated carbocycles. The first-order chi connectivity index (χ1) is 23.3. The first-order valence-corrected chi connectivity index (χ1v) is 17.2. The summed E-state index contributed by atoms with van der Waals surface area (Å²) in [6.07, 6.45) is -1.65. The molecular formula is C34H36F3N7O4S. The number of nitrogens with zero attached hydrogens (tertiary/aromatic N) is 3. The van der Waals surface area contributed by atoms with E-state index in [1.54, 1.807) is 62.8 Å². The molecule has 0 saturated heterocycles. The normalized spacial score (nSPS) is 16.6. The van der Waals surface area contributed by atoms with Crippen LogP contribution >= 0.6 is 0 Å². The summed E-state index contributed by atoms with van der Waals surface area (Å²) in [7, 11) is -0.0667. The quantitative estimate of drug-likeness (QED) is 0.185. The smallest absolute Gasteiger partial charge is 0.419 e. The first kappa shape index (κ1) is 34.1. The Morgan fingerprint density at radius 2 is 1.82 bits per heavy atom. The van der Waals surface area contributed by atoms with Gasteiger partial charge < -0.3 is 25.6 Å². The third-order valence-electron chi connectivity index (χ3n) is 8.40. The molecule has 11 nitrogen and oxygen atoms in total. The zero-order valence-corrected chi connectivity index (χ0v) is 27.7. The maximum absolute atomic E-state index is 14.0. The fourth-order valence-corrected chi connectivity index (χ4v) is 6.63. The number of amides is 1. The number of benzene rings is 3. The number of nitrogens with one attached hydrogen (secondary N) is 4. The van der Waals surface area contributed by atoms with Crippen LogP contribution in [0.4, 0.5) is 36.3 Å². The molecule has 1 amide bonds. The van der Waals surface area contributed by atoms with Gasteiger partial charge in [0.05, 0.1) is 15.9 Å². The third-order valence-corrected chi connectivity index (χ3v) is 9.86. The molecule has 1 aromatic heterocycles. The van der Waals surface area contributed by atoms with Crippen LogP contribution in [0.5, 0.6) is 5.75 Å². The van der Waals surface area contributed by atoms with E-state index in [1.807, 2.05) is 4.90 Å². The highest BCUT2D eigenvalue weighted by atomic mass is 32.2. The molecular weight excluding hydrogens is 659 g/mol. The van der Waals surface area contributed by atoms with Gasteiger partial charge in [0.1, 0.15) is 18.2 Å². The van der Waals surface area contributed by atoms with Crippen LogP contribution in [0.2, 0.25) is 0 Å². The fourth-order valence-electron chi connectivity index (χ4n) is 5.51. The minimum Gasteiger partial charge on any atom is -0.492 e. The van der Waals surface area contributed by atoms with Crippen LogP contribution in [0.1, 0.15) is 30.4 Å². The zero-order valence-electron chi connectivity index (χ0n) is 26.9. The van der Waals surface area contributed by atoms with Crippen LogP contribution in [0.3, 0.4) is 0 Å². The van der Waals surface area contributed by atoms with E-state index in [4.69, 9.17) is 4.74 Å². The average Bonchev–Trinajstić information content (AvgIpc) is 3.87. The van der Waals surface area contributed by atoms with Crippen LogP contribution in [0.25, 0.3) is 11.1 Å². The number of halogens is 3. The third kappa shape index (κ3) is 7.79. The highest BCUT2D eigenvalue weighted by Gasteiger charge is 2.52. The molecule has 0 radical (unpaired) electrons. The van der Waals surface area contributed by atoms with Crippen LogP contribution in [-0.2, 0) is 26.4 Å². The lowest BCUT2D eigenvalue weighted by molar-refractivity contribution is -0.139. The van der Waals surface area contributed by atoms with Gasteiger partial charge in [0.2, 0.25) is 21.9 Å². The second-order valence-electron chi connectivity index (χ2n) is 12.3. The number of hydrogen-bond donors (Lipinski definition) is 4. The molecule has 4 aromatic rings. The molecule has 1 aliphatic carbocycles. The lowest BCUT2D eigenvalue weighted by atomic mass is 9.92. The predicted molar refractivity (Wildman–Crippen MR) is 181 cm³/mol. The standard InChI is InChI=1S/C34H36F3N7O4S/c1-44(2)17-18-48-29-12-9-23(19-28(29)34(35,36)37)33(13-14-33)31(45)41-24-10-7-22(8-11-24)27-21-39-32-42-25-5-3-6-26(20-25)49(46,47)40-16-4-15-38-30(27)43-32/h3,5-12,19-21,40H,4,13-18H2,1-2H3,(H,41,45)(H2,38,39,42,43). The van der Waals surface area contributed by atoms with E-state index < -0.39 is 27.2 Å². The minimum absolute atomic E-state index is 0.0973. The van der Waals surface area contributed by atoms with Crippen molar-refractivity contribution in [1.82, 2.24) is 19.6 Å². The summed E-state index contributed by atoms with van der Waals surface area (Å²) in [6, 6.07) is 17.3. The molecule has 2 heterocycles. The lowest BCUT2D eigenvalue weighted by Crippen LogP contribution is -2.28. The largest absolute Gasteiger partial charge is 0.492 e. The van der Waals surface area contributed by atoms with Crippen molar-refractivity contribution in [3.63, 3.8) is 0 Å². The van der Waals surface area contributed by atoms with Gasteiger partial charge in [-0.15, -0.1) is 0 Å². The zero-order chi connectivity index (χ0) is 34.8. The van der Waals surface area contributed by atoms with Crippen LogP contribution in [0, 0.1) is 0 Å². The number of aromatic nitrogens is 2. The molecule has 4 bridgehead atoms. The summed E-state index contributed by atoms with van der Waals surface area (Å²) in [5, 5.41) is 9.21. The number of anilines is 4. The SMILES string of the molecule is CN(C)CCOc1ccc(C2(C(=O)Nc3ccc(-c4cnc5nc4NCCCNS(=O)(=O)c4cccc(c4)N5)cc3)CC2)cc1C(F)(F)F. The highest BCUT2D eigenvalue weighted by Crippen LogP contribution is 2.51. The topological polar surface area (TPSA) is 138 Å². The monoisotopic (exact) mass is 695 g/mol. The average molecular weight is 696 g/mol. The second-order valence-corrected chi connectivity index (χ2v) is 14.0. The van der Waals surface area contributed by atoms with Crippen molar-refractivity contribution < 1.29 is 31.1 Å². The Kier molecular flexibility index (Phi) is 9.51. The van der Waals surface area contributed by atoms with Crippen molar-refractivity contribution in [2.45, 2.75) is 35.7 Å².